The zero-order valence-electron chi connectivity index (χ0n) is 19.0. The fourth-order valence-corrected chi connectivity index (χ4v) is 3.50. The SMILES string of the molecule is CCC(C)C(NC(=O)C(C)N)C(=O)NC(CCCN=C(N)N)C(=O)N1CCCC1C(=O)O. The van der Waals surface area contributed by atoms with Crippen molar-refractivity contribution >= 4 is 29.7 Å². The Morgan fingerprint density at radius 2 is 1.81 bits per heavy atom. The van der Waals surface area contributed by atoms with Crippen LogP contribution in [0.5, 0.6) is 0 Å². The Bertz CT molecular complexity index is 708. The average Bonchev–Trinajstić information content (AvgIpc) is 3.22. The molecule has 0 aromatic rings. The van der Waals surface area contributed by atoms with E-state index in [9.17, 15) is 24.3 Å². The first-order chi connectivity index (χ1) is 15.0. The van der Waals surface area contributed by atoms with Crippen LogP contribution >= 0.6 is 0 Å². The van der Waals surface area contributed by atoms with E-state index in [1.807, 2.05) is 13.8 Å². The molecule has 1 saturated heterocycles. The molecule has 0 bridgehead atoms. The minimum Gasteiger partial charge on any atom is -0.480 e. The van der Waals surface area contributed by atoms with E-state index >= 15 is 0 Å². The van der Waals surface area contributed by atoms with Gasteiger partial charge in [0.2, 0.25) is 17.7 Å². The quantitative estimate of drug-likeness (QED) is 0.115. The molecule has 0 saturated carbocycles. The number of hydrogen-bond acceptors (Lipinski definition) is 6. The van der Waals surface area contributed by atoms with Gasteiger partial charge in [-0.15, -0.1) is 0 Å². The lowest BCUT2D eigenvalue weighted by atomic mass is 9.97. The number of hydrogen-bond donors (Lipinski definition) is 6. The first-order valence-corrected chi connectivity index (χ1v) is 10.9. The predicted molar refractivity (Wildman–Crippen MR) is 119 cm³/mol. The number of carbonyl (C=O) groups excluding carboxylic acids is 3. The van der Waals surface area contributed by atoms with E-state index < -0.39 is 47.9 Å². The number of likely N-dealkylation sites (tertiary alicyclic amines) is 1. The monoisotopic (exact) mass is 455 g/mol. The van der Waals surface area contributed by atoms with Gasteiger partial charge >= 0.3 is 5.97 Å². The summed E-state index contributed by atoms with van der Waals surface area (Å²) in [6.07, 6.45) is 2.12. The molecule has 0 aromatic carbocycles. The van der Waals surface area contributed by atoms with Crippen molar-refractivity contribution in [1.29, 1.82) is 0 Å². The number of carboxylic acids is 1. The lowest BCUT2D eigenvalue weighted by Crippen LogP contribution is -2.58. The van der Waals surface area contributed by atoms with E-state index in [4.69, 9.17) is 17.2 Å². The van der Waals surface area contributed by atoms with Gasteiger partial charge in [-0.3, -0.25) is 19.4 Å². The maximum Gasteiger partial charge on any atom is 0.326 e. The predicted octanol–water partition coefficient (Wildman–Crippen LogP) is -1.52. The number of guanidine groups is 1. The van der Waals surface area contributed by atoms with Gasteiger partial charge in [0.15, 0.2) is 5.96 Å². The number of aliphatic imine (C=N–C) groups is 1. The van der Waals surface area contributed by atoms with Crippen LogP contribution in [0, 0.1) is 5.92 Å². The third-order valence-electron chi connectivity index (χ3n) is 5.59. The molecule has 3 amide bonds. The van der Waals surface area contributed by atoms with Crippen LogP contribution in [-0.4, -0.2) is 76.9 Å². The number of amides is 3. The van der Waals surface area contributed by atoms with Crippen molar-refractivity contribution in [1.82, 2.24) is 15.5 Å². The normalized spacial score (nSPS) is 19.4. The van der Waals surface area contributed by atoms with Crippen LogP contribution in [0.4, 0.5) is 0 Å². The maximum atomic E-state index is 13.2. The third kappa shape index (κ3) is 7.98. The molecule has 0 aliphatic carbocycles. The van der Waals surface area contributed by atoms with Crippen LogP contribution in [0.1, 0.15) is 52.9 Å². The van der Waals surface area contributed by atoms with Gasteiger partial charge < -0.3 is 37.8 Å². The van der Waals surface area contributed by atoms with Crippen LogP contribution in [-0.2, 0) is 19.2 Å². The second-order valence-electron chi connectivity index (χ2n) is 8.20. The minimum atomic E-state index is -1.08. The largest absolute Gasteiger partial charge is 0.480 e. The maximum absolute atomic E-state index is 13.2. The van der Waals surface area contributed by atoms with Crippen molar-refractivity contribution in [3.63, 3.8) is 0 Å². The molecule has 0 spiro atoms. The van der Waals surface area contributed by atoms with Crippen molar-refractivity contribution in [3.05, 3.63) is 0 Å². The van der Waals surface area contributed by atoms with Crippen molar-refractivity contribution < 1.29 is 24.3 Å². The van der Waals surface area contributed by atoms with E-state index in [-0.39, 0.29) is 24.8 Å². The molecular formula is C20H37N7O5. The molecule has 32 heavy (non-hydrogen) atoms. The van der Waals surface area contributed by atoms with Gasteiger partial charge in [0.1, 0.15) is 18.1 Å². The molecule has 1 fully saturated rings. The van der Waals surface area contributed by atoms with E-state index in [0.29, 0.717) is 32.2 Å². The van der Waals surface area contributed by atoms with Crippen LogP contribution in [0.25, 0.3) is 0 Å². The summed E-state index contributed by atoms with van der Waals surface area (Å²) in [6.45, 7) is 5.74. The van der Waals surface area contributed by atoms with E-state index in [1.165, 1.54) is 11.8 Å². The molecule has 5 atom stereocenters. The first kappa shape index (κ1) is 27.1. The Morgan fingerprint density at radius 3 is 2.34 bits per heavy atom. The summed E-state index contributed by atoms with van der Waals surface area (Å²) in [5.41, 5.74) is 16.3. The average molecular weight is 456 g/mol. The second-order valence-corrected chi connectivity index (χ2v) is 8.20. The number of carboxylic acid groups (broad SMARTS) is 1. The fraction of sp³-hybridized carbons (Fsp3) is 0.750. The first-order valence-electron chi connectivity index (χ1n) is 10.9. The van der Waals surface area contributed by atoms with E-state index in [1.54, 1.807) is 0 Å². The molecule has 12 heteroatoms. The topological polar surface area (TPSA) is 206 Å². The van der Waals surface area contributed by atoms with Crippen LogP contribution in [0.15, 0.2) is 4.99 Å². The van der Waals surface area contributed by atoms with Gasteiger partial charge in [-0.1, -0.05) is 20.3 Å². The summed E-state index contributed by atoms with van der Waals surface area (Å²) >= 11 is 0. The number of rotatable bonds is 12. The van der Waals surface area contributed by atoms with Gasteiger partial charge in [-0.2, -0.15) is 0 Å². The molecule has 1 aliphatic rings. The van der Waals surface area contributed by atoms with Gasteiger partial charge in [-0.25, -0.2) is 4.79 Å². The van der Waals surface area contributed by atoms with Gasteiger partial charge in [0, 0.05) is 13.1 Å². The Morgan fingerprint density at radius 1 is 1.16 bits per heavy atom. The smallest absolute Gasteiger partial charge is 0.326 e. The summed E-state index contributed by atoms with van der Waals surface area (Å²) in [4.78, 5) is 55.0. The highest BCUT2D eigenvalue weighted by Crippen LogP contribution is 2.20. The van der Waals surface area contributed by atoms with E-state index in [0.717, 1.165) is 0 Å². The van der Waals surface area contributed by atoms with Crippen molar-refractivity contribution in [2.75, 3.05) is 13.1 Å². The molecule has 5 unspecified atom stereocenters. The Labute approximate surface area is 188 Å². The molecular weight excluding hydrogens is 418 g/mol. The van der Waals surface area contributed by atoms with Gasteiger partial charge in [-0.05, 0) is 38.5 Å². The highest BCUT2D eigenvalue weighted by atomic mass is 16.4. The van der Waals surface area contributed by atoms with Gasteiger partial charge in [0.05, 0.1) is 6.04 Å². The lowest BCUT2D eigenvalue weighted by molar-refractivity contribution is -0.149. The Hall–Kier alpha value is -2.89. The second kappa shape index (κ2) is 12.8. The highest BCUT2D eigenvalue weighted by molar-refractivity contribution is 5.94. The Kier molecular flexibility index (Phi) is 10.9. The van der Waals surface area contributed by atoms with Crippen LogP contribution < -0.4 is 27.8 Å². The van der Waals surface area contributed by atoms with Crippen LogP contribution in [0.3, 0.4) is 0 Å². The number of nitrogens with zero attached hydrogens (tertiary/aromatic N) is 2. The highest BCUT2D eigenvalue weighted by Gasteiger charge is 2.38. The molecule has 12 nitrogen and oxygen atoms in total. The summed E-state index contributed by atoms with van der Waals surface area (Å²) in [6, 6.07) is -3.59. The van der Waals surface area contributed by atoms with E-state index in [2.05, 4.69) is 15.6 Å². The molecule has 1 rings (SSSR count). The van der Waals surface area contributed by atoms with Crippen molar-refractivity contribution in [3.8, 4) is 0 Å². The third-order valence-corrected chi connectivity index (χ3v) is 5.59. The molecule has 0 aromatic heterocycles. The summed E-state index contributed by atoms with van der Waals surface area (Å²) < 4.78 is 0. The number of carbonyl (C=O) groups is 4. The number of aliphatic carboxylic acids is 1. The van der Waals surface area contributed by atoms with Crippen LogP contribution in [0.2, 0.25) is 0 Å². The Balaban J connectivity index is 3.04. The summed E-state index contributed by atoms with van der Waals surface area (Å²) in [5, 5.41) is 14.8. The standard InChI is InChI=1S/C20H37N7O5/c1-4-11(2)15(26-16(28)12(3)21)17(29)25-13(7-5-9-24-20(22)23)18(30)27-10-6-8-14(27)19(31)32/h11-15H,4-10,21H2,1-3H3,(H,25,29)(H,26,28)(H,31,32)(H4,22,23,24). The number of nitrogens with two attached hydrogens (primary N) is 3. The fourth-order valence-electron chi connectivity index (χ4n) is 3.50. The molecule has 1 aliphatic heterocycles. The number of nitrogens with one attached hydrogen (secondary N) is 2. The van der Waals surface area contributed by atoms with Crippen molar-refractivity contribution in [2.24, 2.45) is 28.1 Å². The lowest BCUT2D eigenvalue weighted by Gasteiger charge is -2.30. The van der Waals surface area contributed by atoms with Crippen molar-refractivity contribution in [2.45, 2.75) is 77.0 Å². The molecule has 182 valence electrons. The zero-order valence-corrected chi connectivity index (χ0v) is 19.0. The van der Waals surface area contributed by atoms with Gasteiger partial charge in [0.25, 0.3) is 0 Å². The zero-order chi connectivity index (χ0) is 24.4. The molecule has 1 heterocycles. The molecule has 0 radical (unpaired) electrons. The summed E-state index contributed by atoms with van der Waals surface area (Å²) in [5.74, 6) is -2.87. The summed E-state index contributed by atoms with van der Waals surface area (Å²) in [7, 11) is 0. The minimum absolute atomic E-state index is 0.0853. The molecule has 9 N–H and O–H groups in total.